The summed E-state index contributed by atoms with van der Waals surface area (Å²) in [6.07, 6.45) is 4.14. The van der Waals surface area contributed by atoms with Gasteiger partial charge in [-0.2, -0.15) is 15.0 Å². The predicted octanol–water partition coefficient (Wildman–Crippen LogP) is 2.98. The van der Waals surface area contributed by atoms with Gasteiger partial charge in [0, 0.05) is 4.88 Å². The van der Waals surface area contributed by atoms with Gasteiger partial charge in [0.15, 0.2) is 5.16 Å². The van der Waals surface area contributed by atoms with E-state index in [1.165, 1.54) is 16.6 Å². The summed E-state index contributed by atoms with van der Waals surface area (Å²) in [7, 11) is 1.59. The summed E-state index contributed by atoms with van der Waals surface area (Å²) in [4.78, 5) is 32.9. The molecule has 32 heavy (non-hydrogen) atoms. The first-order valence-corrected chi connectivity index (χ1v) is 11.9. The van der Waals surface area contributed by atoms with Gasteiger partial charge < -0.3 is 16.2 Å². The molecule has 1 aliphatic carbocycles. The largest absolute Gasteiger partial charge is 0.495 e. The van der Waals surface area contributed by atoms with Gasteiger partial charge in [-0.15, -0.1) is 11.3 Å². The zero-order valence-corrected chi connectivity index (χ0v) is 19.0. The first-order valence-electron chi connectivity index (χ1n) is 10.1. The quantitative estimate of drug-likeness (QED) is 0.335. The van der Waals surface area contributed by atoms with Crippen molar-refractivity contribution in [1.29, 1.82) is 0 Å². The maximum absolute atomic E-state index is 13.9. The van der Waals surface area contributed by atoms with Gasteiger partial charge >= 0.3 is 0 Å². The number of methoxy groups -OCH3 is 1. The number of nitrogen functional groups attached to an aromatic ring is 2. The van der Waals surface area contributed by atoms with Crippen LogP contribution >= 0.6 is 23.1 Å². The minimum Gasteiger partial charge on any atom is -0.495 e. The monoisotopic (exact) mass is 467 g/mol. The van der Waals surface area contributed by atoms with Crippen LogP contribution in [0.4, 0.5) is 11.9 Å². The number of fused-ring (bicyclic) bond motifs is 3. The summed E-state index contributed by atoms with van der Waals surface area (Å²) in [5.41, 5.74) is 13.1. The molecule has 1 aliphatic rings. The normalized spacial score (nSPS) is 13.3. The number of thioether (sulfide) groups is 1. The zero-order valence-electron chi connectivity index (χ0n) is 17.4. The minimum absolute atomic E-state index is 0.0598. The third-order valence-electron chi connectivity index (χ3n) is 5.33. The van der Waals surface area contributed by atoms with Crippen molar-refractivity contribution in [2.75, 3.05) is 18.6 Å². The van der Waals surface area contributed by atoms with Crippen LogP contribution in [-0.2, 0) is 18.6 Å². The molecular formula is C21H21N7O2S2. The van der Waals surface area contributed by atoms with Crippen LogP contribution in [0.5, 0.6) is 5.75 Å². The second kappa shape index (κ2) is 8.40. The molecular weight excluding hydrogens is 446 g/mol. The van der Waals surface area contributed by atoms with E-state index in [1.54, 1.807) is 23.0 Å². The topological polar surface area (TPSA) is 135 Å². The lowest BCUT2D eigenvalue weighted by Gasteiger charge is -2.15. The lowest BCUT2D eigenvalue weighted by Crippen LogP contribution is -2.23. The number of benzene rings is 1. The first-order chi connectivity index (χ1) is 15.5. The van der Waals surface area contributed by atoms with Gasteiger partial charge in [0.25, 0.3) is 5.56 Å². The van der Waals surface area contributed by atoms with Gasteiger partial charge in [0.05, 0.1) is 23.9 Å². The molecule has 3 aromatic heterocycles. The van der Waals surface area contributed by atoms with Gasteiger partial charge in [-0.1, -0.05) is 23.9 Å². The molecule has 0 unspecified atom stereocenters. The Balaban J connectivity index is 1.69. The summed E-state index contributed by atoms with van der Waals surface area (Å²) in [6, 6.07) is 7.43. The van der Waals surface area contributed by atoms with Crippen molar-refractivity contribution < 1.29 is 4.74 Å². The maximum Gasteiger partial charge on any atom is 0.267 e. The maximum atomic E-state index is 13.9. The molecule has 1 aromatic carbocycles. The summed E-state index contributed by atoms with van der Waals surface area (Å²) >= 11 is 2.96. The van der Waals surface area contributed by atoms with Gasteiger partial charge in [-0.05, 0) is 43.4 Å². The predicted molar refractivity (Wildman–Crippen MR) is 127 cm³/mol. The number of aryl methyl sites for hydroxylation is 2. The molecule has 0 saturated carbocycles. The molecule has 164 valence electrons. The number of ether oxygens (including phenoxy) is 1. The number of aromatic nitrogens is 5. The van der Waals surface area contributed by atoms with Crippen LogP contribution in [0, 0.1) is 0 Å². The molecule has 5 rings (SSSR count). The fourth-order valence-corrected chi connectivity index (χ4v) is 6.12. The van der Waals surface area contributed by atoms with Crippen LogP contribution in [0.1, 0.15) is 29.1 Å². The van der Waals surface area contributed by atoms with E-state index in [0.717, 1.165) is 36.1 Å². The van der Waals surface area contributed by atoms with Crippen LogP contribution in [0.25, 0.3) is 15.9 Å². The van der Waals surface area contributed by atoms with E-state index in [0.29, 0.717) is 33.6 Å². The van der Waals surface area contributed by atoms with Crippen LogP contribution in [0.3, 0.4) is 0 Å². The van der Waals surface area contributed by atoms with E-state index in [9.17, 15) is 4.79 Å². The number of nitrogens with two attached hydrogens (primary N) is 2. The van der Waals surface area contributed by atoms with Gasteiger partial charge in [-0.25, -0.2) is 4.98 Å². The van der Waals surface area contributed by atoms with Crippen LogP contribution < -0.4 is 21.8 Å². The Morgan fingerprint density at radius 2 is 1.84 bits per heavy atom. The molecule has 4 N–H and O–H groups in total. The van der Waals surface area contributed by atoms with Crippen molar-refractivity contribution in [3.8, 4) is 11.4 Å². The number of hydrogen-bond donors (Lipinski definition) is 2. The highest BCUT2D eigenvalue weighted by molar-refractivity contribution is 7.98. The van der Waals surface area contributed by atoms with Crippen molar-refractivity contribution in [3.05, 3.63) is 50.9 Å². The Morgan fingerprint density at radius 1 is 1.09 bits per heavy atom. The Bertz CT molecular complexity index is 1360. The van der Waals surface area contributed by atoms with Gasteiger partial charge in [0.1, 0.15) is 16.4 Å². The number of rotatable bonds is 5. The van der Waals surface area contributed by atoms with E-state index in [4.69, 9.17) is 21.2 Å². The second-order valence-electron chi connectivity index (χ2n) is 7.35. The lowest BCUT2D eigenvalue weighted by atomic mass is 9.97. The average Bonchev–Trinajstić information content (AvgIpc) is 3.16. The average molecular weight is 468 g/mol. The highest BCUT2D eigenvalue weighted by atomic mass is 32.2. The standard InChI is InChI=1S/C21H21N7O2S2/c1-30-13-8-4-3-7-12(13)28-18(29)16-11-6-2-5-9-14(11)32-17(16)26-21(28)31-10-15-24-19(22)27-20(23)25-15/h3-4,7-8H,2,5-6,9-10H2,1H3,(H4,22,23,24,25,27). The fraction of sp³-hybridized carbons (Fsp3) is 0.286. The number of para-hydroxylation sites is 2. The third kappa shape index (κ3) is 3.67. The lowest BCUT2D eigenvalue weighted by molar-refractivity contribution is 0.411. The summed E-state index contributed by atoms with van der Waals surface area (Å²) in [6.45, 7) is 0. The van der Waals surface area contributed by atoms with Crippen molar-refractivity contribution >= 4 is 45.2 Å². The van der Waals surface area contributed by atoms with Crippen molar-refractivity contribution in [3.63, 3.8) is 0 Å². The fourth-order valence-electron chi connectivity index (χ4n) is 3.96. The number of nitrogens with zero attached hydrogens (tertiary/aromatic N) is 5. The van der Waals surface area contributed by atoms with Crippen molar-refractivity contribution in [1.82, 2.24) is 24.5 Å². The first kappa shape index (κ1) is 20.7. The Kier molecular flexibility index (Phi) is 5.43. The van der Waals surface area contributed by atoms with E-state index in [-0.39, 0.29) is 17.5 Å². The number of anilines is 2. The third-order valence-corrected chi connectivity index (χ3v) is 7.45. The van der Waals surface area contributed by atoms with Crippen LogP contribution in [-0.4, -0.2) is 31.6 Å². The molecule has 0 amide bonds. The van der Waals surface area contributed by atoms with E-state index in [1.807, 2.05) is 24.3 Å². The molecule has 0 fully saturated rings. The van der Waals surface area contributed by atoms with Crippen LogP contribution in [0.15, 0.2) is 34.2 Å². The number of hydrogen-bond acceptors (Lipinski definition) is 10. The summed E-state index contributed by atoms with van der Waals surface area (Å²) in [5.74, 6) is 1.46. The molecule has 0 atom stereocenters. The Labute approximate surface area is 191 Å². The van der Waals surface area contributed by atoms with E-state index >= 15 is 0 Å². The van der Waals surface area contributed by atoms with Gasteiger partial charge in [0.2, 0.25) is 11.9 Å². The molecule has 3 heterocycles. The van der Waals surface area contributed by atoms with Crippen molar-refractivity contribution in [2.24, 2.45) is 0 Å². The number of thiophene rings is 1. The van der Waals surface area contributed by atoms with E-state index < -0.39 is 0 Å². The van der Waals surface area contributed by atoms with Crippen LogP contribution in [0.2, 0.25) is 0 Å². The SMILES string of the molecule is COc1ccccc1-n1c(SCc2nc(N)nc(N)n2)nc2sc3c(c2c1=O)CCCC3. The van der Waals surface area contributed by atoms with Gasteiger partial charge in [-0.3, -0.25) is 9.36 Å². The minimum atomic E-state index is -0.0870. The molecule has 9 nitrogen and oxygen atoms in total. The smallest absolute Gasteiger partial charge is 0.267 e. The highest BCUT2D eigenvalue weighted by Crippen LogP contribution is 2.36. The molecule has 0 spiro atoms. The van der Waals surface area contributed by atoms with Crippen molar-refractivity contribution in [2.45, 2.75) is 36.6 Å². The second-order valence-corrected chi connectivity index (χ2v) is 9.38. The molecule has 0 saturated heterocycles. The van der Waals surface area contributed by atoms with E-state index in [2.05, 4.69) is 15.0 Å². The summed E-state index contributed by atoms with van der Waals surface area (Å²) < 4.78 is 7.18. The zero-order chi connectivity index (χ0) is 22.2. The molecule has 11 heteroatoms. The summed E-state index contributed by atoms with van der Waals surface area (Å²) in [5, 5.41) is 1.25. The molecule has 4 aromatic rings. The molecule has 0 radical (unpaired) electrons. The highest BCUT2D eigenvalue weighted by Gasteiger charge is 2.24. The molecule has 0 bridgehead atoms. The molecule has 0 aliphatic heterocycles. The Hall–Kier alpha value is -3.18. The Morgan fingerprint density at radius 3 is 2.62 bits per heavy atom.